The molecule has 0 aliphatic heterocycles. The second-order valence-corrected chi connectivity index (χ2v) is 4.46. The summed E-state index contributed by atoms with van der Waals surface area (Å²) in [5.74, 6) is 1.25. The van der Waals surface area contributed by atoms with Crippen LogP contribution in [0.1, 0.15) is 31.4 Å². The molecule has 0 unspecified atom stereocenters. The molecule has 5 nitrogen and oxygen atoms in total. The van der Waals surface area contributed by atoms with E-state index in [4.69, 9.17) is 17.5 Å². The van der Waals surface area contributed by atoms with Crippen molar-refractivity contribution < 1.29 is 14.3 Å². The highest BCUT2D eigenvalue weighted by molar-refractivity contribution is 6.04. The molecule has 1 rings (SSSR count). The van der Waals surface area contributed by atoms with Crippen LogP contribution in [0.15, 0.2) is 18.2 Å². The molecule has 6 heteroatoms. The Morgan fingerprint density at radius 3 is 2.55 bits per heavy atom. The number of nitrogens with one attached hydrogen (secondary N) is 2. The van der Waals surface area contributed by atoms with Gasteiger partial charge in [-0.25, -0.2) is 0 Å². The Labute approximate surface area is 121 Å². The molecule has 20 heavy (non-hydrogen) atoms. The zero-order valence-electron chi connectivity index (χ0n) is 12.2. The smallest absolute Gasteiger partial charge is 0.217 e. The van der Waals surface area contributed by atoms with Crippen LogP contribution >= 0.6 is 0 Å². The van der Waals surface area contributed by atoms with Gasteiger partial charge < -0.3 is 20.0 Å². The minimum atomic E-state index is -0.0688. The van der Waals surface area contributed by atoms with Crippen LogP contribution in [-0.2, 0) is 4.79 Å². The Balaban J connectivity index is 2.91. The molecule has 0 saturated heterocycles. The second-order valence-electron chi connectivity index (χ2n) is 4.46. The summed E-state index contributed by atoms with van der Waals surface area (Å²) in [6.07, 6.45) is 1.65. The lowest BCUT2D eigenvalue weighted by molar-refractivity contribution is -0.119. The third-order valence-electron chi connectivity index (χ3n) is 3.00. The lowest BCUT2D eigenvalue weighted by Crippen LogP contribution is -2.27. The van der Waals surface area contributed by atoms with Crippen LogP contribution in [-0.4, -0.2) is 34.7 Å². The Morgan fingerprint density at radius 1 is 1.30 bits per heavy atom. The summed E-state index contributed by atoms with van der Waals surface area (Å²) in [5.41, 5.74) is 0.981. The van der Waals surface area contributed by atoms with Crippen LogP contribution in [0.3, 0.4) is 0 Å². The highest BCUT2D eigenvalue weighted by Crippen LogP contribution is 2.31. The number of hydrogen-bond acceptors (Lipinski definition) is 4. The molecule has 0 saturated carbocycles. The highest BCUT2D eigenvalue weighted by Gasteiger charge is 2.15. The second kappa shape index (κ2) is 8.48. The van der Waals surface area contributed by atoms with E-state index in [0.29, 0.717) is 18.0 Å². The molecular formula is C14H21BN2O3. The average Bonchev–Trinajstić information content (AvgIpc) is 2.45. The summed E-state index contributed by atoms with van der Waals surface area (Å²) in [6, 6.07) is 5.58. The molecule has 1 aromatic carbocycles. The van der Waals surface area contributed by atoms with Gasteiger partial charge in [0.05, 0.1) is 20.3 Å². The summed E-state index contributed by atoms with van der Waals surface area (Å²) in [6.45, 7) is 2.21. The quantitative estimate of drug-likeness (QED) is 0.555. The Kier molecular flexibility index (Phi) is 6.94. The van der Waals surface area contributed by atoms with Gasteiger partial charge in [-0.2, -0.15) is 0 Å². The van der Waals surface area contributed by atoms with Gasteiger partial charge in [-0.15, -0.1) is 0 Å². The fraction of sp³-hybridized carbons (Fsp3) is 0.500. The van der Waals surface area contributed by atoms with E-state index in [1.54, 1.807) is 14.2 Å². The first kappa shape index (κ1) is 16.4. The van der Waals surface area contributed by atoms with Crippen molar-refractivity contribution in [3.05, 3.63) is 23.8 Å². The maximum absolute atomic E-state index is 11.3. The van der Waals surface area contributed by atoms with Crippen LogP contribution in [0, 0.1) is 0 Å². The molecule has 0 aliphatic carbocycles. The fourth-order valence-corrected chi connectivity index (χ4v) is 2.05. The van der Waals surface area contributed by atoms with Crippen LogP contribution in [0.2, 0.25) is 0 Å². The van der Waals surface area contributed by atoms with Gasteiger partial charge in [-0.3, -0.25) is 4.79 Å². The number of hydrogen-bond donors (Lipinski definition) is 2. The van der Waals surface area contributed by atoms with Crippen molar-refractivity contribution >= 4 is 13.9 Å². The standard InChI is InChI=1S/C14H21BN2O3/c1-10(18)17-12(5-4-8-16-15)11-6-7-13(19-2)14(9-11)20-3/h6-7,9,12,16H,4-5,8H2,1-3H3,(H,17,18)/t12-/m1/s1. The van der Waals surface area contributed by atoms with Crippen LogP contribution in [0.25, 0.3) is 0 Å². The molecule has 0 heterocycles. The van der Waals surface area contributed by atoms with Crippen molar-refractivity contribution in [2.75, 3.05) is 20.8 Å². The minimum absolute atomic E-state index is 0.0644. The SMILES string of the molecule is [B]NCCC[C@@H](NC(C)=O)c1ccc(OC)c(OC)c1. The third kappa shape index (κ3) is 4.77. The number of rotatable bonds is 8. The molecule has 0 aromatic heterocycles. The molecular weight excluding hydrogens is 255 g/mol. The zero-order valence-corrected chi connectivity index (χ0v) is 12.2. The van der Waals surface area contributed by atoms with E-state index in [1.807, 2.05) is 18.2 Å². The first-order valence-corrected chi connectivity index (χ1v) is 6.54. The van der Waals surface area contributed by atoms with Gasteiger partial charge in [0.2, 0.25) is 5.91 Å². The Bertz CT molecular complexity index is 440. The number of carbonyl (C=O) groups is 1. The summed E-state index contributed by atoms with van der Waals surface area (Å²) in [7, 11) is 8.45. The monoisotopic (exact) mass is 276 g/mol. The average molecular weight is 276 g/mol. The Hall–Kier alpha value is -1.69. The van der Waals surface area contributed by atoms with Crippen molar-refractivity contribution in [2.45, 2.75) is 25.8 Å². The predicted molar refractivity (Wildman–Crippen MR) is 79.1 cm³/mol. The maximum Gasteiger partial charge on any atom is 0.217 e. The van der Waals surface area contributed by atoms with Gasteiger partial charge in [0.1, 0.15) is 0 Å². The van der Waals surface area contributed by atoms with Crippen LogP contribution in [0.4, 0.5) is 0 Å². The molecule has 108 valence electrons. The summed E-state index contributed by atoms with van der Waals surface area (Å²) < 4.78 is 10.5. The third-order valence-corrected chi connectivity index (χ3v) is 3.00. The Morgan fingerprint density at radius 2 is 2.00 bits per heavy atom. The molecule has 1 aromatic rings. The highest BCUT2D eigenvalue weighted by atomic mass is 16.5. The van der Waals surface area contributed by atoms with Crippen molar-refractivity contribution in [1.29, 1.82) is 0 Å². The molecule has 0 aliphatic rings. The summed E-state index contributed by atoms with van der Waals surface area (Å²) >= 11 is 0. The molecule has 1 atom stereocenters. The van der Waals surface area contributed by atoms with E-state index in [9.17, 15) is 4.79 Å². The van der Waals surface area contributed by atoms with Crippen molar-refractivity contribution in [1.82, 2.24) is 10.5 Å². The summed E-state index contributed by atoms with van der Waals surface area (Å²) in [4.78, 5) is 11.3. The largest absolute Gasteiger partial charge is 0.493 e. The molecule has 0 fully saturated rings. The van der Waals surface area contributed by atoms with E-state index < -0.39 is 0 Å². The van der Waals surface area contributed by atoms with Gasteiger partial charge in [0.15, 0.2) is 19.5 Å². The molecule has 0 bridgehead atoms. The lowest BCUT2D eigenvalue weighted by Gasteiger charge is -2.20. The predicted octanol–water partition coefficient (Wildman–Crippen LogP) is 1.33. The number of methoxy groups -OCH3 is 2. The van der Waals surface area contributed by atoms with Gasteiger partial charge in [-0.05, 0) is 37.1 Å². The first-order chi connectivity index (χ1) is 9.62. The molecule has 2 radical (unpaired) electrons. The van der Waals surface area contributed by atoms with Crippen molar-refractivity contribution in [2.24, 2.45) is 0 Å². The van der Waals surface area contributed by atoms with Gasteiger partial charge in [-0.1, -0.05) is 6.07 Å². The molecule has 1 amide bonds. The van der Waals surface area contributed by atoms with Crippen molar-refractivity contribution in [3.63, 3.8) is 0 Å². The summed E-state index contributed by atoms with van der Waals surface area (Å²) in [5, 5.41) is 5.55. The zero-order chi connectivity index (χ0) is 15.0. The number of amides is 1. The van der Waals surface area contributed by atoms with Gasteiger partial charge >= 0.3 is 0 Å². The molecule has 2 N–H and O–H groups in total. The number of benzene rings is 1. The minimum Gasteiger partial charge on any atom is -0.493 e. The van der Waals surface area contributed by atoms with E-state index in [1.165, 1.54) is 6.92 Å². The van der Waals surface area contributed by atoms with Gasteiger partial charge in [0, 0.05) is 6.92 Å². The fourth-order valence-electron chi connectivity index (χ4n) is 2.05. The van der Waals surface area contributed by atoms with E-state index in [2.05, 4.69) is 10.5 Å². The number of ether oxygens (including phenoxy) is 2. The normalized spacial score (nSPS) is 11.8. The van der Waals surface area contributed by atoms with Crippen LogP contribution in [0.5, 0.6) is 11.5 Å². The van der Waals surface area contributed by atoms with E-state index in [-0.39, 0.29) is 11.9 Å². The lowest BCUT2D eigenvalue weighted by atomic mass is 10.0. The van der Waals surface area contributed by atoms with E-state index in [0.717, 1.165) is 18.4 Å². The van der Waals surface area contributed by atoms with Crippen LogP contribution < -0.4 is 20.0 Å². The topological polar surface area (TPSA) is 59.6 Å². The maximum atomic E-state index is 11.3. The first-order valence-electron chi connectivity index (χ1n) is 6.54. The van der Waals surface area contributed by atoms with Gasteiger partial charge in [0.25, 0.3) is 0 Å². The van der Waals surface area contributed by atoms with Crippen molar-refractivity contribution in [3.8, 4) is 11.5 Å². The van der Waals surface area contributed by atoms with E-state index >= 15 is 0 Å². The number of carbonyl (C=O) groups excluding carboxylic acids is 1. The molecule has 0 spiro atoms.